The van der Waals surface area contributed by atoms with Crippen molar-refractivity contribution in [1.82, 2.24) is 14.5 Å². The number of piperidine rings is 1. The van der Waals surface area contributed by atoms with Gasteiger partial charge in [-0.05, 0) is 32.4 Å². The van der Waals surface area contributed by atoms with Crippen LogP contribution in [0, 0.1) is 0 Å². The first kappa shape index (κ1) is 15.5. The van der Waals surface area contributed by atoms with Gasteiger partial charge in [0.2, 0.25) is 0 Å². The monoisotopic (exact) mass is 295 g/mol. The van der Waals surface area contributed by atoms with Crippen LogP contribution < -0.4 is 11.2 Å². The molecule has 0 spiro atoms. The molecule has 21 heavy (non-hydrogen) atoms. The normalized spacial score (nSPS) is 16.0. The van der Waals surface area contributed by atoms with Crippen molar-refractivity contribution >= 4 is 5.97 Å². The zero-order chi connectivity index (χ0) is 15.4. The van der Waals surface area contributed by atoms with Crippen molar-refractivity contribution in [3.63, 3.8) is 0 Å². The molecule has 1 fully saturated rings. The van der Waals surface area contributed by atoms with Crippen molar-refractivity contribution in [2.45, 2.75) is 45.7 Å². The van der Waals surface area contributed by atoms with Gasteiger partial charge < -0.3 is 10.1 Å². The third-order valence-corrected chi connectivity index (χ3v) is 3.77. The molecule has 0 bridgehead atoms. The van der Waals surface area contributed by atoms with E-state index in [1.165, 1.54) is 0 Å². The van der Waals surface area contributed by atoms with Gasteiger partial charge in [0.05, 0.1) is 5.56 Å². The SMILES string of the molecule is CCCn1c(=O)[nH]c(C(=O)O)c(CN2CCCCC2)c1=O. The van der Waals surface area contributed by atoms with Crippen LogP contribution in [0.4, 0.5) is 0 Å². The van der Waals surface area contributed by atoms with Crippen molar-refractivity contribution in [3.8, 4) is 0 Å². The number of aromatic carboxylic acids is 1. The minimum atomic E-state index is -1.26. The van der Waals surface area contributed by atoms with E-state index in [-0.39, 0.29) is 17.8 Å². The summed E-state index contributed by atoms with van der Waals surface area (Å²) < 4.78 is 1.09. The molecule has 1 aromatic rings. The number of nitrogens with zero attached hydrogens (tertiary/aromatic N) is 2. The highest BCUT2D eigenvalue weighted by atomic mass is 16.4. The van der Waals surface area contributed by atoms with Crippen molar-refractivity contribution in [1.29, 1.82) is 0 Å². The van der Waals surface area contributed by atoms with Gasteiger partial charge in [0.1, 0.15) is 5.69 Å². The van der Waals surface area contributed by atoms with Gasteiger partial charge in [-0.3, -0.25) is 14.3 Å². The molecule has 2 rings (SSSR count). The van der Waals surface area contributed by atoms with Crippen molar-refractivity contribution in [2.24, 2.45) is 0 Å². The summed E-state index contributed by atoms with van der Waals surface area (Å²) in [6.07, 6.45) is 3.90. The number of rotatable bonds is 5. The van der Waals surface area contributed by atoms with E-state index in [1.807, 2.05) is 6.92 Å². The molecule has 1 aliphatic rings. The fraction of sp³-hybridized carbons (Fsp3) is 0.643. The minimum Gasteiger partial charge on any atom is -0.477 e. The smallest absolute Gasteiger partial charge is 0.352 e. The summed E-state index contributed by atoms with van der Waals surface area (Å²) in [6, 6.07) is 0. The summed E-state index contributed by atoms with van der Waals surface area (Å²) in [7, 11) is 0. The van der Waals surface area contributed by atoms with E-state index >= 15 is 0 Å². The number of hydrogen-bond donors (Lipinski definition) is 2. The molecular formula is C14H21N3O4. The van der Waals surface area contributed by atoms with Gasteiger partial charge in [-0.25, -0.2) is 9.59 Å². The average molecular weight is 295 g/mol. The fourth-order valence-electron chi connectivity index (χ4n) is 2.71. The first-order chi connectivity index (χ1) is 10.0. The summed E-state index contributed by atoms with van der Waals surface area (Å²) in [5.41, 5.74) is -1.23. The van der Waals surface area contributed by atoms with Gasteiger partial charge in [0.25, 0.3) is 5.56 Å². The number of likely N-dealkylation sites (tertiary alicyclic amines) is 1. The number of carboxylic acids is 1. The molecule has 2 N–H and O–H groups in total. The van der Waals surface area contributed by atoms with Crippen LogP contribution in [0.5, 0.6) is 0 Å². The summed E-state index contributed by atoms with van der Waals surface area (Å²) >= 11 is 0. The van der Waals surface area contributed by atoms with Gasteiger partial charge >= 0.3 is 11.7 Å². The number of nitrogens with one attached hydrogen (secondary N) is 1. The second-order valence-electron chi connectivity index (χ2n) is 5.38. The van der Waals surface area contributed by atoms with Crippen LogP contribution >= 0.6 is 0 Å². The summed E-state index contributed by atoms with van der Waals surface area (Å²) in [4.78, 5) is 40.0. The number of aromatic amines is 1. The summed E-state index contributed by atoms with van der Waals surface area (Å²) in [6.45, 7) is 4.14. The van der Waals surface area contributed by atoms with E-state index in [9.17, 15) is 19.5 Å². The second-order valence-corrected chi connectivity index (χ2v) is 5.38. The molecule has 1 aliphatic heterocycles. The van der Waals surface area contributed by atoms with E-state index in [0.717, 1.165) is 36.9 Å². The molecule has 0 saturated carbocycles. The Morgan fingerprint density at radius 1 is 1.24 bits per heavy atom. The van der Waals surface area contributed by atoms with Crippen molar-refractivity contribution < 1.29 is 9.90 Å². The van der Waals surface area contributed by atoms with E-state index in [4.69, 9.17) is 0 Å². The zero-order valence-electron chi connectivity index (χ0n) is 12.2. The van der Waals surface area contributed by atoms with Gasteiger partial charge in [0, 0.05) is 13.1 Å². The van der Waals surface area contributed by atoms with Crippen LogP contribution in [0.2, 0.25) is 0 Å². The third-order valence-electron chi connectivity index (χ3n) is 3.77. The van der Waals surface area contributed by atoms with E-state index in [0.29, 0.717) is 13.0 Å². The Hall–Kier alpha value is -1.89. The fourth-order valence-corrected chi connectivity index (χ4v) is 2.71. The van der Waals surface area contributed by atoms with Crippen molar-refractivity contribution in [2.75, 3.05) is 13.1 Å². The molecule has 116 valence electrons. The maximum Gasteiger partial charge on any atom is 0.352 e. The largest absolute Gasteiger partial charge is 0.477 e. The average Bonchev–Trinajstić information content (AvgIpc) is 2.47. The lowest BCUT2D eigenvalue weighted by molar-refractivity contribution is 0.0686. The molecular weight excluding hydrogens is 274 g/mol. The Morgan fingerprint density at radius 3 is 2.48 bits per heavy atom. The highest BCUT2D eigenvalue weighted by molar-refractivity contribution is 5.86. The Bertz CT molecular complexity index is 626. The number of hydrogen-bond acceptors (Lipinski definition) is 4. The van der Waals surface area contributed by atoms with Crippen LogP contribution in [0.1, 0.15) is 48.7 Å². The Morgan fingerprint density at radius 2 is 1.90 bits per heavy atom. The molecule has 2 heterocycles. The molecule has 1 saturated heterocycles. The molecule has 1 aromatic heterocycles. The predicted octanol–water partition coefficient (Wildman–Crippen LogP) is 0.631. The van der Waals surface area contributed by atoms with Crippen LogP contribution in [0.3, 0.4) is 0 Å². The zero-order valence-corrected chi connectivity index (χ0v) is 12.2. The molecule has 0 aliphatic carbocycles. The standard InChI is InChI=1S/C14H21N3O4/c1-2-6-17-12(18)10(9-16-7-4-3-5-8-16)11(13(19)20)15-14(17)21/h2-9H2,1H3,(H,15,21)(H,19,20). The quantitative estimate of drug-likeness (QED) is 0.830. The van der Waals surface area contributed by atoms with E-state index < -0.39 is 17.2 Å². The molecule has 0 aromatic carbocycles. The Kier molecular flexibility index (Phi) is 4.95. The van der Waals surface area contributed by atoms with Gasteiger partial charge in [0.15, 0.2) is 0 Å². The number of H-pyrrole nitrogens is 1. The van der Waals surface area contributed by atoms with E-state index in [2.05, 4.69) is 9.88 Å². The molecule has 0 atom stereocenters. The Labute approximate surface area is 122 Å². The number of aromatic nitrogens is 2. The second kappa shape index (κ2) is 6.71. The number of carboxylic acid groups (broad SMARTS) is 1. The van der Waals surface area contributed by atoms with Gasteiger partial charge in [-0.2, -0.15) is 0 Å². The van der Waals surface area contributed by atoms with Crippen LogP contribution in [-0.4, -0.2) is 38.6 Å². The molecule has 0 amide bonds. The Balaban J connectivity index is 2.44. The lowest BCUT2D eigenvalue weighted by Crippen LogP contribution is -2.42. The van der Waals surface area contributed by atoms with Gasteiger partial charge in [-0.15, -0.1) is 0 Å². The van der Waals surface area contributed by atoms with Crippen LogP contribution in [0.15, 0.2) is 9.59 Å². The predicted molar refractivity (Wildman–Crippen MR) is 77.7 cm³/mol. The molecule has 7 nitrogen and oxygen atoms in total. The van der Waals surface area contributed by atoms with E-state index in [1.54, 1.807) is 0 Å². The molecule has 7 heteroatoms. The number of carbonyl (C=O) groups is 1. The summed E-state index contributed by atoms with van der Waals surface area (Å²) in [5.74, 6) is -1.26. The lowest BCUT2D eigenvalue weighted by atomic mass is 10.1. The lowest BCUT2D eigenvalue weighted by Gasteiger charge is -2.26. The maximum atomic E-state index is 12.4. The first-order valence-corrected chi connectivity index (χ1v) is 7.36. The van der Waals surface area contributed by atoms with Crippen LogP contribution in [0.25, 0.3) is 0 Å². The third kappa shape index (κ3) is 3.41. The highest BCUT2D eigenvalue weighted by Crippen LogP contribution is 2.12. The minimum absolute atomic E-state index is 0.178. The highest BCUT2D eigenvalue weighted by Gasteiger charge is 2.21. The maximum absolute atomic E-state index is 12.4. The van der Waals surface area contributed by atoms with Crippen LogP contribution in [-0.2, 0) is 13.1 Å². The topological polar surface area (TPSA) is 95.4 Å². The first-order valence-electron chi connectivity index (χ1n) is 7.36. The van der Waals surface area contributed by atoms with Gasteiger partial charge in [-0.1, -0.05) is 13.3 Å². The summed E-state index contributed by atoms with van der Waals surface area (Å²) in [5, 5.41) is 9.23. The molecule has 0 radical (unpaired) electrons. The van der Waals surface area contributed by atoms with Crippen molar-refractivity contribution in [3.05, 3.63) is 32.1 Å². The molecule has 0 unspecified atom stereocenters.